The summed E-state index contributed by atoms with van der Waals surface area (Å²) in [6, 6.07) is 17.8. The van der Waals surface area contributed by atoms with Crippen molar-refractivity contribution in [3.05, 3.63) is 76.9 Å². The number of allylic oxidation sites excluding steroid dienone is 2. The summed E-state index contributed by atoms with van der Waals surface area (Å²) in [5.41, 5.74) is 3.92. The molecule has 2 heteroatoms. The summed E-state index contributed by atoms with van der Waals surface area (Å²) < 4.78 is 5.17. The largest absolute Gasteiger partial charge is 0.497 e. The molecule has 2 nitrogen and oxygen atoms in total. The number of carbonyl (C=O) groups is 1. The number of ether oxygens (including phenoxy) is 1. The number of benzene rings is 2. The van der Waals surface area contributed by atoms with E-state index in [4.69, 9.17) is 4.74 Å². The van der Waals surface area contributed by atoms with Crippen LogP contribution < -0.4 is 4.74 Å². The topological polar surface area (TPSA) is 26.3 Å². The van der Waals surface area contributed by atoms with E-state index in [0.29, 0.717) is 0 Å². The third-order valence-corrected chi connectivity index (χ3v) is 4.07. The van der Waals surface area contributed by atoms with E-state index in [1.54, 1.807) is 7.11 Å². The smallest absolute Gasteiger partial charge is 0.185 e. The summed E-state index contributed by atoms with van der Waals surface area (Å²) in [6.45, 7) is 0. The lowest BCUT2D eigenvalue weighted by atomic mass is 9.87. The highest BCUT2D eigenvalue weighted by molar-refractivity contribution is 6.13. The predicted octanol–water partition coefficient (Wildman–Crippen LogP) is 4.92. The van der Waals surface area contributed by atoms with Crippen molar-refractivity contribution in [2.45, 2.75) is 19.3 Å². The van der Waals surface area contributed by atoms with Crippen molar-refractivity contribution in [3.63, 3.8) is 0 Å². The average Bonchev–Trinajstić information content (AvgIpc) is 2.60. The quantitative estimate of drug-likeness (QED) is 0.753. The number of carbonyl (C=O) groups excluding carboxylic acids is 1. The van der Waals surface area contributed by atoms with Crippen molar-refractivity contribution in [1.82, 2.24) is 0 Å². The van der Waals surface area contributed by atoms with Crippen LogP contribution in [0.3, 0.4) is 0 Å². The first-order valence-corrected chi connectivity index (χ1v) is 7.91. The van der Waals surface area contributed by atoms with E-state index >= 15 is 0 Å². The SMILES string of the molecule is COc1ccc(C=C2CCCC(=Cc3ccccc3)C2=O)cc1. The Morgan fingerprint density at radius 1 is 0.826 bits per heavy atom. The lowest BCUT2D eigenvalue weighted by Crippen LogP contribution is -2.12. The molecule has 2 aromatic carbocycles. The average molecular weight is 304 g/mol. The molecule has 0 aliphatic heterocycles. The molecular weight excluding hydrogens is 284 g/mol. The Bertz CT molecular complexity index is 737. The molecule has 0 bridgehead atoms. The molecule has 0 amide bonds. The van der Waals surface area contributed by atoms with Crippen LogP contribution >= 0.6 is 0 Å². The molecule has 1 fully saturated rings. The highest BCUT2D eigenvalue weighted by Crippen LogP contribution is 2.28. The maximum atomic E-state index is 12.7. The fourth-order valence-corrected chi connectivity index (χ4v) is 2.83. The molecule has 1 saturated carbocycles. The molecule has 0 N–H and O–H groups in total. The molecule has 3 rings (SSSR count). The minimum Gasteiger partial charge on any atom is -0.497 e. The van der Waals surface area contributed by atoms with E-state index in [1.165, 1.54) is 0 Å². The molecule has 0 heterocycles. The van der Waals surface area contributed by atoms with Crippen molar-refractivity contribution in [3.8, 4) is 5.75 Å². The summed E-state index contributed by atoms with van der Waals surface area (Å²) in [6.07, 6.45) is 6.74. The number of hydrogen-bond donors (Lipinski definition) is 0. The van der Waals surface area contributed by atoms with Gasteiger partial charge >= 0.3 is 0 Å². The van der Waals surface area contributed by atoms with E-state index < -0.39 is 0 Å². The van der Waals surface area contributed by atoms with E-state index in [1.807, 2.05) is 66.7 Å². The summed E-state index contributed by atoms with van der Waals surface area (Å²) in [4.78, 5) is 12.7. The first-order valence-electron chi connectivity index (χ1n) is 7.91. The van der Waals surface area contributed by atoms with E-state index in [0.717, 1.165) is 47.3 Å². The number of ketones is 1. The Labute approximate surface area is 137 Å². The Morgan fingerprint density at radius 2 is 1.39 bits per heavy atom. The van der Waals surface area contributed by atoms with Gasteiger partial charge in [0.2, 0.25) is 0 Å². The van der Waals surface area contributed by atoms with Gasteiger partial charge in [-0.3, -0.25) is 4.79 Å². The van der Waals surface area contributed by atoms with Crippen LogP contribution in [0.4, 0.5) is 0 Å². The Hall–Kier alpha value is -2.61. The Balaban J connectivity index is 1.84. The minimum atomic E-state index is 0.177. The van der Waals surface area contributed by atoms with Gasteiger partial charge in [0.05, 0.1) is 7.11 Å². The summed E-state index contributed by atoms with van der Waals surface area (Å²) in [5.74, 6) is 1.00. The van der Waals surface area contributed by atoms with Crippen LogP contribution in [0.15, 0.2) is 65.7 Å². The fourth-order valence-electron chi connectivity index (χ4n) is 2.83. The summed E-state index contributed by atoms with van der Waals surface area (Å²) >= 11 is 0. The lowest BCUT2D eigenvalue weighted by molar-refractivity contribution is -0.112. The van der Waals surface area contributed by atoms with Crippen molar-refractivity contribution in [2.75, 3.05) is 7.11 Å². The second kappa shape index (κ2) is 7.10. The van der Waals surface area contributed by atoms with Gasteiger partial charge in [-0.1, -0.05) is 42.5 Å². The molecule has 0 radical (unpaired) electrons. The van der Waals surface area contributed by atoms with Crippen LogP contribution in [0.2, 0.25) is 0 Å². The van der Waals surface area contributed by atoms with Gasteiger partial charge in [0.15, 0.2) is 5.78 Å². The van der Waals surface area contributed by atoms with Crippen molar-refractivity contribution in [2.24, 2.45) is 0 Å². The van der Waals surface area contributed by atoms with E-state index in [2.05, 4.69) is 0 Å². The predicted molar refractivity (Wildman–Crippen MR) is 94.2 cm³/mol. The maximum Gasteiger partial charge on any atom is 0.185 e. The molecule has 2 aromatic rings. The molecule has 1 aliphatic carbocycles. The first-order chi connectivity index (χ1) is 11.3. The third kappa shape index (κ3) is 3.78. The van der Waals surface area contributed by atoms with Gasteiger partial charge in [0, 0.05) is 11.1 Å². The maximum absolute atomic E-state index is 12.7. The van der Waals surface area contributed by atoms with Crippen LogP contribution in [0.5, 0.6) is 5.75 Å². The standard InChI is InChI=1S/C21H20O2/c1-23-20-12-10-17(11-13-20)15-19-9-5-8-18(21(19)22)14-16-6-3-2-4-7-16/h2-4,6-7,10-15H,5,8-9H2,1H3. The van der Waals surface area contributed by atoms with Gasteiger partial charge in [-0.05, 0) is 54.7 Å². The van der Waals surface area contributed by atoms with Gasteiger partial charge in [-0.25, -0.2) is 0 Å². The normalized spacial score (nSPS) is 18.4. The zero-order valence-corrected chi connectivity index (χ0v) is 13.3. The molecule has 0 unspecified atom stereocenters. The highest BCUT2D eigenvalue weighted by atomic mass is 16.5. The summed E-state index contributed by atoms with van der Waals surface area (Å²) in [5, 5.41) is 0. The third-order valence-electron chi connectivity index (χ3n) is 4.07. The first kappa shape index (κ1) is 15.3. The number of hydrogen-bond acceptors (Lipinski definition) is 2. The second-order valence-corrected chi connectivity index (χ2v) is 5.71. The van der Waals surface area contributed by atoms with Crippen LogP contribution in [-0.2, 0) is 4.79 Å². The van der Waals surface area contributed by atoms with Gasteiger partial charge in [0.1, 0.15) is 5.75 Å². The number of methoxy groups -OCH3 is 1. The number of Topliss-reactive ketones (excluding diaryl/α,β-unsaturated/α-hetero) is 1. The molecule has 0 atom stereocenters. The molecule has 0 aromatic heterocycles. The minimum absolute atomic E-state index is 0.177. The van der Waals surface area contributed by atoms with Crippen LogP contribution in [-0.4, -0.2) is 12.9 Å². The Morgan fingerprint density at radius 3 is 1.96 bits per heavy atom. The Kier molecular flexibility index (Phi) is 4.72. The zero-order chi connectivity index (χ0) is 16.1. The van der Waals surface area contributed by atoms with Crippen LogP contribution in [0, 0.1) is 0 Å². The molecule has 116 valence electrons. The summed E-state index contributed by atoms with van der Waals surface area (Å²) in [7, 11) is 1.65. The van der Waals surface area contributed by atoms with E-state index in [9.17, 15) is 4.79 Å². The van der Waals surface area contributed by atoms with Gasteiger partial charge < -0.3 is 4.74 Å². The highest BCUT2D eigenvalue weighted by Gasteiger charge is 2.20. The van der Waals surface area contributed by atoms with E-state index in [-0.39, 0.29) is 5.78 Å². The molecule has 0 spiro atoms. The van der Waals surface area contributed by atoms with Crippen molar-refractivity contribution >= 4 is 17.9 Å². The number of rotatable bonds is 3. The fraction of sp³-hybridized carbons (Fsp3) is 0.190. The molecular formula is C21H20O2. The molecule has 23 heavy (non-hydrogen) atoms. The van der Waals surface area contributed by atoms with Crippen molar-refractivity contribution in [1.29, 1.82) is 0 Å². The molecule has 1 aliphatic rings. The van der Waals surface area contributed by atoms with Gasteiger partial charge in [-0.2, -0.15) is 0 Å². The second-order valence-electron chi connectivity index (χ2n) is 5.71. The zero-order valence-electron chi connectivity index (χ0n) is 13.3. The van der Waals surface area contributed by atoms with Gasteiger partial charge in [-0.15, -0.1) is 0 Å². The van der Waals surface area contributed by atoms with Gasteiger partial charge in [0.25, 0.3) is 0 Å². The van der Waals surface area contributed by atoms with Crippen molar-refractivity contribution < 1.29 is 9.53 Å². The van der Waals surface area contributed by atoms with Crippen LogP contribution in [0.1, 0.15) is 30.4 Å². The monoisotopic (exact) mass is 304 g/mol. The lowest BCUT2D eigenvalue weighted by Gasteiger charge is -2.16. The molecule has 0 saturated heterocycles. The van der Waals surface area contributed by atoms with Crippen LogP contribution in [0.25, 0.3) is 12.2 Å².